The number of carboxylic acid groups (broad SMARTS) is 2. The summed E-state index contributed by atoms with van der Waals surface area (Å²) < 4.78 is 12.9. The van der Waals surface area contributed by atoms with Crippen LogP contribution in [0.4, 0.5) is 4.39 Å². The van der Waals surface area contributed by atoms with Gasteiger partial charge in [0.25, 0.3) is 0 Å². The van der Waals surface area contributed by atoms with Crippen molar-refractivity contribution in [1.82, 2.24) is 21.3 Å². The second-order valence-electron chi connectivity index (χ2n) is 9.05. The third kappa shape index (κ3) is 12.3. The third-order valence-corrected chi connectivity index (χ3v) is 5.60. The Bertz CT molecular complexity index is 865. The lowest BCUT2D eigenvalue weighted by atomic mass is 9.96. The van der Waals surface area contributed by atoms with E-state index in [1.165, 1.54) is 6.92 Å². The average molecular weight is 533 g/mol. The summed E-state index contributed by atoms with van der Waals surface area (Å²) in [7, 11) is 0. The maximum absolute atomic E-state index is 13.1. The van der Waals surface area contributed by atoms with Crippen LogP contribution in [-0.2, 0) is 33.6 Å². The lowest BCUT2D eigenvalue weighted by molar-refractivity contribution is -0.141. The summed E-state index contributed by atoms with van der Waals surface area (Å²) in [6.45, 7) is 6.29. The SMILES string of the molecule is CC[C@H](C)[C@H](NC(=O)[C@H](CCC(=O)O)NC(=O)[C@@H](NC(C)=O)C(C)C)C(=O)N[C@@H](CC(=O)O)C(=O)CF. The molecular weight excluding hydrogens is 495 g/mol. The molecule has 4 amide bonds. The van der Waals surface area contributed by atoms with Gasteiger partial charge in [-0.1, -0.05) is 34.1 Å². The number of hydrogen-bond donors (Lipinski definition) is 6. The van der Waals surface area contributed by atoms with Gasteiger partial charge in [-0.05, 0) is 18.3 Å². The van der Waals surface area contributed by atoms with Gasteiger partial charge >= 0.3 is 11.9 Å². The fraction of sp³-hybridized carbons (Fsp3) is 0.696. The largest absolute Gasteiger partial charge is 0.481 e. The molecule has 6 N–H and O–H groups in total. The fourth-order valence-corrected chi connectivity index (χ4v) is 3.28. The van der Waals surface area contributed by atoms with E-state index in [-0.39, 0.29) is 12.3 Å². The number of carbonyl (C=O) groups excluding carboxylic acids is 5. The first-order valence-electron chi connectivity index (χ1n) is 11.8. The number of ketones is 1. The molecule has 0 aliphatic heterocycles. The van der Waals surface area contributed by atoms with Crippen molar-refractivity contribution in [3.63, 3.8) is 0 Å². The molecule has 0 aromatic heterocycles. The monoisotopic (exact) mass is 532 g/mol. The summed E-state index contributed by atoms with van der Waals surface area (Å²) >= 11 is 0. The van der Waals surface area contributed by atoms with Gasteiger partial charge in [-0.3, -0.25) is 33.6 Å². The molecule has 0 radical (unpaired) electrons. The van der Waals surface area contributed by atoms with Crippen molar-refractivity contribution in [2.75, 3.05) is 6.67 Å². The summed E-state index contributed by atoms with van der Waals surface area (Å²) in [5.74, 6) is -7.86. The zero-order valence-corrected chi connectivity index (χ0v) is 21.6. The minimum atomic E-state index is -1.66. The van der Waals surface area contributed by atoms with Crippen molar-refractivity contribution >= 4 is 41.4 Å². The Kier molecular flexibility index (Phi) is 14.7. The van der Waals surface area contributed by atoms with Gasteiger partial charge in [-0.2, -0.15) is 0 Å². The molecule has 210 valence electrons. The number of nitrogens with one attached hydrogen (secondary N) is 4. The molecule has 0 aromatic rings. The van der Waals surface area contributed by atoms with Crippen LogP contribution < -0.4 is 21.3 Å². The van der Waals surface area contributed by atoms with Crippen molar-refractivity contribution in [2.24, 2.45) is 11.8 Å². The van der Waals surface area contributed by atoms with E-state index < -0.39 is 91.0 Å². The van der Waals surface area contributed by atoms with E-state index in [0.29, 0.717) is 6.42 Å². The molecule has 0 rings (SSSR count). The van der Waals surface area contributed by atoms with Gasteiger partial charge in [-0.25, -0.2) is 4.39 Å². The molecule has 0 heterocycles. The lowest BCUT2D eigenvalue weighted by Gasteiger charge is -2.29. The van der Waals surface area contributed by atoms with Crippen LogP contribution >= 0.6 is 0 Å². The molecule has 0 aromatic carbocycles. The number of rotatable bonds is 17. The average Bonchev–Trinajstić information content (AvgIpc) is 2.80. The molecule has 0 fully saturated rings. The van der Waals surface area contributed by atoms with Crippen LogP contribution in [-0.4, -0.2) is 82.4 Å². The predicted molar refractivity (Wildman–Crippen MR) is 128 cm³/mol. The van der Waals surface area contributed by atoms with Crippen molar-refractivity contribution < 1.29 is 48.2 Å². The van der Waals surface area contributed by atoms with Crippen LogP contribution in [0.2, 0.25) is 0 Å². The quantitative estimate of drug-likeness (QED) is 0.143. The summed E-state index contributed by atoms with van der Waals surface area (Å²) in [5.41, 5.74) is 0. The number of Topliss-reactive ketones (excluding diaryl/α,β-unsaturated/α-hetero) is 1. The Labute approximate surface area is 214 Å². The zero-order chi connectivity index (χ0) is 28.9. The van der Waals surface area contributed by atoms with Crippen LogP contribution in [0.25, 0.3) is 0 Å². The van der Waals surface area contributed by atoms with Crippen LogP contribution in [0.3, 0.4) is 0 Å². The highest BCUT2D eigenvalue weighted by atomic mass is 19.1. The van der Waals surface area contributed by atoms with Crippen molar-refractivity contribution in [3.8, 4) is 0 Å². The Morgan fingerprint density at radius 3 is 1.73 bits per heavy atom. The van der Waals surface area contributed by atoms with Gasteiger partial charge in [0.15, 0.2) is 5.78 Å². The molecule has 0 bridgehead atoms. The van der Waals surface area contributed by atoms with Crippen molar-refractivity contribution in [3.05, 3.63) is 0 Å². The Balaban J connectivity index is 5.88. The van der Waals surface area contributed by atoms with Gasteiger partial charge in [0.05, 0.1) is 6.42 Å². The number of carbonyl (C=O) groups is 7. The normalized spacial score (nSPS) is 14.9. The molecule has 0 saturated heterocycles. The number of carboxylic acids is 2. The molecule has 13 nitrogen and oxygen atoms in total. The standard InChI is InChI=1S/C23H37FN4O9/c1-6-12(4)20(23(37)27-15(9-18(33)34)16(30)10-24)28-21(35)14(7-8-17(31)32)26-22(36)19(11(2)3)25-13(5)29/h11-12,14-15,19-20H,6-10H2,1-5H3,(H,25,29)(H,26,36)(H,27,37)(H,28,35)(H,31,32)(H,33,34)/t12-,14-,15-,19-,20-/m0/s1. The summed E-state index contributed by atoms with van der Waals surface area (Å²) in [6, 6.07) is -5.40. The number of amides is 4. The number of aliphatic carboxylic acids is 2. The predicted octanol–water partition coefficient (Wildman–Crippen LogP) is -0.474. The van der Waals surface area contributed by atoms with E-state index in [1.54, 1.807) is 27.7 Å². The first-order valence-corrected chi connectivity index (χ1v) is 11.8. The summed E-state index contributed by atoms with van der Waals surface area (Å²) in [5, 5.41) is 27.5. The molecule has 0 saturated carbocycles. The van der Waals surface area contributed by atoms with E-state index in [2.05, 4.69) is 21.3 Å². The van der Waals surface area contributed by atoms with E-state index in [4.69, 9.17) is 10.2 Å². The second-order valence-corrected chi connectivity index (χ2v) is 9.05. The summed E-state index contributed by atoms with van der Waals surface area (Å²) in [4.78, 5) is 84.2. The maximum atomic E-state index is 13.1. The molecular formula is C23H37FN4O9. The van der Waals surface area contributed by atoms with E-state index in [1.807, 2.05) is 0 Å². The van der Waals surface area contributed by atoms with Crippen molar-refractivity contribution in [2.45, 2.75) is 84.5 Å². The number of halogens is 1. The molecule has 37 heavy (non-hydrogen) atoms. The van der Waals surface area contributed by atoms with Gasteiger partial charge < -0.3 is 31.5 Å². The minimum absolute atomic E-state index is 0.339. The van der Waals surface area contributed by atoms with E-state index >= 15 is 0 Å². The summed E-state index contributed by atoms with van der Waals surface area (Å²) in [6.07, 6.45) is -1.36. The third-order valence-electron chi connectivity index (χ3n) is 5.60. The fourth-order valence-electron chi connectivity index (χ4n) is 3.28. The highest BCUT2D eigenvalue weighted by molar-refractivity contribution is 5.97. The number of alkyl halides is 1. The van der Waals surface area contributed by atoms with Crippen LogP contribution in [0.15, 0.2) is 0 Å². The van der Waals surface area contributed by atoms with Gasteiger partial charge in [-0.15, -0.1) is 0 Å². The highest BCUT2D eigenvalue weighted by Crippen LogP contribution is 2.11. The lowest BCUT2D eigenvalue weighted by Crippen LogP contribution is -2.59. The zero-order valence-electron chi connectivity index (χ0n) is 21.6. The first-order chi connectivity index (χ1) is 17.1. The second kappa shape index (κ2) is 16.2. The van der Waals surface area contributed by atoms with Gasteiger partial charge in [0, 0.05) is 13.3 Å². The number of hydrogen-bond acceptors (Lipinski definition) is 7. The van der Waals surface area contributed by atoms with Crippen LogP contribution in [0.1, 0.15) is 60.3 Å². The van der Waals surface area contributed by atoms with E-state index in [0.717, 1.165) is 0 Å². The Hall–Kier alpha value is -3.58. The molecule has 0 spiro atoms. The topological polar surface area (TPSA) is 208 Å². The Morgan fingerprint density at radius 2 is 1.30 bits per heavy atom. The van der Waals surface area contributed by atoms with E-state index in [9.17, 15) is 38.0 Å². The molecule has 0 unspecified atom stereocenters. The minimum Gasteiger partial charge on any atom is -0.481 e. The van der Waals surface area contributed by atoms with Crippen LogP contribution in [0.5, 0.6) is 0 Å². The van der Waals surface area contributed by atoms with Gasteiger partial charge in [0.1, 0.15) is 30.8 Å². The molecule has 0 aliphatic rings. The molecule has 0 aliphatic carbocycles. The molecule has 14 heteroatoms. The van der Waals surface area contributed by atoms with Crippen molar-refractivity contribution in [1.29, 1.82) is 0 Å². The Morgan fingerprint density at radius 1 is 0.757 bits per heavy atom. The van der Waals surface area contributed by atoms with Crippen LogP contribution in [0, 0.1) is 11.8 Å². The first kappa shape index (κ1) is 33.4. The van der Waals surface area contributed by atoms with Gasteiger partial charge in [0.2, 0.25) is 23.6 Å². The smallest absolute Gasteiger partial charge is 0.305 e. The maximum Gasteiger partial charge on any atom is 0.305 e. The highest BCUT2D eigenvalue weighted by Gasteiger charge is 2.34. The molecule has 5 atom stereocenters.